The number of guanidine groups is 1. The molecular weight excluding hydrogens is 837 g/mol. The predicted molar refractivity (Wildman–Crippen MR) is 231 cm³/mol. The molecular formula is C39H64N16O9. The predicted octanol–water partition coefficient (Wildman–Crippen LogP) is -4.15. The molecule has 1 aliphatic heterocycles. The monoisotopic (exact) mass is 901 g/mol. The molecule has 0 radical (unpaired) electrons. The first kappa shape index (κ1) is 51.7. The van der Waals surface area contributed by atoms with E-state index in [-0.39, 0.29) is 82.9 Å². The third-order valence-electron chi connectivity index (χ3n) is 10.5. The molecule has 0 spiro atoms. The molecule has 64 heavy (non-hydrogen) atoms. The highest BCUT2D eigenvalue weighted by Gasteiger charge is 2.40. The first-order valence-corrected chi connectivity index (χ1v) is 21.2. The molecule has 7 atom stereocenters. The smallest absolute Gasteiger partial charge is 0.326 e. The number of nitrogens with one attached hydrogen (secondary N) is 7. The van der Waals surface area contributed by atoms with Crippen molar-refractivity contribution in [3.63, 3.8) is 0 Å². The van der Waals surface area contributed by atoms with Crippen molar-refractivity contribution in [1.82, 2.24) is 51.4 Å². The van der Waals surface area contributed by atoms with Crippen LogP contribution in [0.15, 0.2) is 30.0 Å². The first-order valence-electron chi connectivity index (χ1n) is 21.2. The van der Waals surface area contributed by atoms with Crippen LogP contribution in [0.1, 0.15) is 83.0 Å². The van der Waals surface area contributed by atoms with Crippen LogP contribution in [0.4, 0.5) is 0 Å². The van der Waals surface area contributed by atoms with Crippen LogP contribution < -0.4 is 55.3 Å². The maximum Gasteiger partial charge on any atom is 0.326 e. The van der Waals surface area contributed by atoms with Crippen LogP contribution in [0.25, 0.3) is 0 Å². The molecule has 1 saturated heterocycles. The summed E-state index contributed by atoms with van der Waals surface area (Å²) in [5.41, 5.74) is 28.9. The lowest BCUT2D eigenvalue weighted by Gasteiger charge is -2.31. The van der Waals surface area contributed by atoms with Gasteiger partial charge in [-0.2, -0.15) is 0 Å². The molecule has 7 amide bonds. The number of carboxylic acid groups (broad SMARTS) is 1. The van der Waals surface area contributed by atoms with E-state index in [9.17, 15) is 43.5 Å². The molecule has 354 valence electrons. The first-order chi connectivity index (χ1) is 30.4. The van der Waals surface area contributed by atoms with E-state index >= 15 is 0 Å². The second-order valence-electron chi connectivity index (χ2n) is 15.9. The van der Waals surface area contributed by atoms with Crippen molar-refractivity contribution in [2.45, 2.75) is 127 Å². The van der Waals surface area contributed by atoms with Gasteiger partial charge in [0.25, 0.3) is 0 Å². The Morgan fingerprint density at radius 3 is 1.86 bits per heavy atom. The normalized spacial score (nSPS) is 16.3. The molecule has 18 N–H and O–H groups in total. The molecule has 2 aromatic heterocycles. The van der Waals surface area contributed by atoms with Gasteiger partial charge in [-0.1, -0.05) is 13.8 Å². The molecule has 1 fully saturated rings. The number of rotatable bonds is 28. The number of hydrogen-bond acceptors (Lipinski definition) is 13. The van der Waals surface area contributed by atoms with E-state index in [0.29, 0.717) is 30.7 Å². The van der Waals surface area contributed by atoms with Gasteiger partial charge in [0.15, 0.2) is 5.96 Å². The van der Waals surface area contributed by atoms with E-state index in [1.807, 2.05) is 0 Å². The zero-order valence-electron chi connectivity index (χ0n) is 36.2. The quantitative estimate of drug-likeness (QED) is 0.0219. The molecule has 0 unspecified atom stereocenters. The summed E-state index contributed by atoms with van der Waals surface area (Å²) in [6, 6.07) is -8.58. The lowest BCUT2D eigenvalue weighted by Crippen LogP contribution is -2.60. The number of aliphatic imine (C=N–C) groups is 1. The van der Waals surface area contributed by atoms with Gasteiger partial charge in [-0.05, 0) is 63.8 Å². The molecule has 0 aliphatic carbocycles. The standard InChI is InChI=1S/C39H64N16O9/c1-21(2)31(42)36(61)54-28(16-23-18-46-20-49-23)37(62)55-14-6-9-29(55)35(60)51-24(7-3-4-12-40)32(57)50-25(10-11-30(41)56)33(58)53-27(15-22-17-45-19-48-22)34(59)52-26(38(63)64)8-5-13-47-39(43)44/h17-21,24-29,31H,3-16,40,42H2,1-2H3,(H2,41,56)(H,45,48)(H,46,49)(H,50,57)(H,51,60)(H,52,59)(H,53,58)(H,54,61)(H,63,64)(H4,43,44,47)/t24-,25-,26-,27-,28-,29-,31-/m0/s1. The Labute approximate surface area is 370 Å². The summed E-state index contributed by atoms with van der Waals surface area (Å²) in [6.07, 6.45) is 6.59. The number of amides is 7. The molecule has 3 heterocycles. The van der Waals surface area contributed by atoms with Gasteiger partial charge in [0.05, 0.1) is 18.7 Å². The molecule has 0 saturated carbocycles. The van der Waals surface area contributed by atoms with Gasteiger partial charge in [-0.25, -0.2) is 14.8 Å². The van der Waals surface area contributed by atoms with Crippen LogP contribution in [0.2, 0.25) is 0 Å². The summed E-state index contributed by atoms with van der Waals surface area (Å²) in [7, 11) is 0. The second kappa shape index (κ2) is 26.1. The Balaban J connectivity index is 1.83. The molecule has 2 aromatic rings. The van der Waals surface area contributed by atoms with E-state index in [2.05, 4.69) is 51.5 Å². The summed E-state index contributed by atoms with van der Waals surface area (Å²) in [5, 5.41) is 22.8. The minimum absolute atomic E-state index is 0.0321. The number of likely N-dealkylation sites (tertiary alicyclic amines) is 1. The molecule has 25 nitrogen and oxygen atoms in total. The molecule has 1 aliphatic rings. The fraction of sp³-hybridized carbons (Fsp3) is 0.615. The van der Waals surface area contributed by atoms with Gasteiger partial charge in [-0.15, -0.1) is 0 Å². The van der Waals surface area contributed by atoms with E-state index in [0.717, 1.165) is 0 Å². The maximum atomic E-state index is 14.1. The Hall–Kier alpha value is -6.63. The number of hydrogen-bond donors (Lipinski definition) is 13. The number of nitrogens with two attached hydrogens (primary N) is 5. The van der Waals surface area contributed by atoms with Crippen molar-refractivity contribution in [1.29, 1.82) is 0 Å². The maximum absolute atomic E-state index is 14.1. The van der Waals surface area contributed by atoms with Crippen molar-refractivity contribution in [2.24, 2.45) is 39.6 Å². The highest BCUT2D eigenvalue weighted by atomic mass is 16.4. The van der Waals surface area contributed by atoms with Gasteiger partial charge in [-0.3, -0.25) is 38.6 Å². The Morgan fingerprint density at radius 2 is 1.31 bits per heavy atom. The fourth-order valence-corrected chi connectivity index (χ4v) is 6.88. The van der Waals surface area contributed by atoms with E-state index < -0.39 is 89.6 Å². The van der Waals surface area contributed by atoms with Gasteiger partial charge in [0.2, 0.25) is 41.4 Å². The summed E-state index contributed by atoms with van der Waals surface area (Å²) in [6.45, 7) is 4.09. The van der Waals surface area contributed by atoms with E-state index in [4.69, 9.17) is 28.7 Å². The largest absolute Gasteiger partial charge is 0.480 e. The zero-order valence-corrected chi connectivity index (χ0v) is 36.2. The summed E-state index contributed by atoms with van der Waals surface area (Å²) >= 11 is 0. The number of carboxylic acids is 1. The molecule has 0 bridgehead atoms. The number of H-pyrrole nitrogens is 2. The van der Waals surface area contributed by atoms with Crippen LogP contribution >= 0.6 is 0 Å². The summed E-state index contributed by atoms with van der Waals surface area (Å²) < 4.78 is 0. The van der Waals surface area contributed by atoms with Crippen molar-refractivity contribution in [2.75, 3.05) is 19.6 Å². The fourth-order valence-electron chi connectivity index (χ4n) is 6.88. The number of nitrogens with zero attached hydrogens (tertiary/aromatic N) is 4. The molecule has 3 rings (SSSR count). The van der Waals surface area contributed by atoms with Gasteiger partial charge in [0.1, 0.15) is 36.3 Å². The van der Waals surface area contributed by atoms with Crippen LogP contribution in [0, 0.1) is 5.92 Å². The van der Waals surface area contributed by atoms with Crippen molar-refractivity contribution in [3.8, 4) is 0 Å². The third kappa shape index (κ3) is 16.9. The van der Waals surface area contributed by atoms with Crippen LogP contribution in [-0.4, -0.2) is 145 Å². The number of carbonyl (C=O) groups excluding carboxylic acids is 7. The van der Waals surface area contributed by atoms with Crippen molar-refractivity contribution < 1.29 is 43.5 Å². The summed E-state index contributed by atoms with van der Waals surface area (Å²) in [5.74, 6) is -6.93. The highest BCUT2D eigenvalue weighted by molar-refractivity contribution is 5.97. The van der Waals surface area contributed by atoms with Crippen LogP contribution in [-0.2, 0) is 51.2 Å². The van der Waals surface area contributed by atoms with Crippen molar-refractivity contribution >= 4 is 53.3 Å². The van der Waals surface area contributed by atoms with E-state index in [1.165, 1.54) is 29.9 Å². The van der Waals surface area contributed by atoms with Crippen LogP contribution in [0.5, 0.6) is 0 Å². The number of aromatic amines is 2. The average molecular weight is 901 g/mol. The van der Waals surface area contributed by atoms with Gasteiger partial charge >= 0.3 is 5.97 Å². The van der Waals surface area contributed by atoms with Crippen LogP contribution in [0.3, 0.4) is 0 Å². The molecule has 25 heteroatoms. The number of imidazole rings is 2. The topological polar surface area (TPSA) is 420 Å². The lowest BCUT2D eigenvalue weighted by atomic mass is 10.0. The van der Waals surface area contributed by atoms with Gasteiger partial charge < -0.3 is 75.2 Å². The minimum atomic E-state index is -1.48. The van der Waals surface area contributed by atoms with Crippen molar-refractivity contribution in [3.05, 3.63) is 36.4 Å². The number of aliphatic carboxylic acids is 1. The second-order valence-corrected chi connectivity index (χ2v) is 15.9. The lowest BCUT2D eigenvalue weighted by molar-refractivity contribution is -0.142. The third-order valence-corrected chi connectivity index (χ3v) is 10.5. The minimum Gasteiger partial charge on any atom is -0.480 e. The highest BCUT2D eigenvalue weighted by Crippen LogP contribution is 2.21. The number of aromatic nitrogens is 4. The van der Waals surface area contributed by atoms with Gasteiger partial charge in [0, 0.05) is 56.1 Å². The zero-order chi connectivity index (χ0) is 47.3. The number of primary amides is 1. The SMILES string of the molecule is CC(C)[C@H](N)C(=O)N[C@@H](Cc1cnc[nH]1)C(=O)N1CCC[C@H]1C(=O)N[C@@H](CCCCN)C(=O)N[C@@H](CCC(N)=O)C(=O)N[C@@H](Cc1cnc[nH]1)C(=O)N[C@@H](CCCN=C(N)N)C(=O)O. The number of carbonyl (C=O) groups is 8. The van der Waals surface area contributed by atoms with E-state index in [1.54, 1.807) is 13.8 Å². The Kier molecular flexibility index (Phi) is 21.1. The number of unbranched alkanes of at least 4 members (excludes halogenated alkanes) is 1. The average Bonchev–Trinajstić information content (AvgIpc) is 4.06. The molecule has 0 aromatic carbocycles. The Morgan fingerprint density at radius 1 is 0.766 bits per heavy atom. The summed E-state index contributed by atoms with van der Waals surface area (Å²) in [4.78, 5) is 126. The Bertz CT molecular complexity index is 1890.